The molecule has 0 bridgehead atoms. The topological polar surface area (TPSA) is 35.7 Å². The van der Waals surface area contributed by atoms with Gasteiger partial charge in [0.25, 0.3) is 0 Å². The second kappa shape index (κ2) is 6.53. The zero-order chi connectivity index (χ0) is 13.9. The van der Waals surface area contributed by atoms with Crippen LogP contribution < -0.4 is 5.73 Å². The van der Waals surface area contributed by atoms with Crippen molar-refractivity contribution in [1.82, 2.24) is 14.7 Å². The van der Waals surface area contributed by atoms with Gasteiger partial charge in [0.05, 0.1) is 0 Å². The lowest BCUT2D eigenvalue weighted by molar-refractivity contribution is 0.0335. The minimum atomic E-state index is 0.269. The van der Waals surface area contributed by atoms with Gasteiger partial charge in [-0.15, -0.1) is 0 Å². The predicted molar refractivity (Wildman–Crippen MR) is 81.4 cm³/mol. The molecule has 2 fully saturated rings. The molecule has 0 amide bonds. The number of piperazine rings is 1. The van der Waals surface area contributed by atoms with Crippen LogP contribution in [0, 0.1) is 0 Å². The minimum absolute atomic E-state index is 0.269. The molecule has 0 radical (unpaired) electrons. The average Bonchev–Trinajstić information content (AvgIpc) is 2.63. The first kappa shape index (κ1) is 15.2. The van der Waals surface area contributed by atoms with Crippen LogP contribution in [-0.4, -0.2) is 79.1 Å². The summed E-state index contributed by atoms with van der Waals surface area (Å²) in [5.41, 5.74) is 6.49. The predicted octanol–water partition coefficient (Wildman–Crippen LogP) is 0.826. The molecule has 0 aromatic carbocycles. The summed E-state index contributed by atoms with van der Waals surface area (Å²) in [4.78, 5) is 7.74. The van der Waals surface area contributed by atoms with Gasteiger partial charge in [-0.1, -0.05) is 0 Å². The van der Waals surface area contributed by atoms with Crippen LogP contribution in [0.5, 0.6) is 0 Å². The molecule has 0 aromatic heterocycles. The molecule has 0 saturated carbocycles. The second-order valence-electron chi connectivity index (χ2n) is 6.70. The SMILES string of the molecule is CC(C)N1CCCC(CN)(N2CCN(C)CC2)CC1. The molecule has 4 nitrogen and oxygen atoms in total. The Hall–Kier alpha value is -0.160. The first-order valence-electron chi connectivity index (χ1n) is 7.95. The highest BCUT2D eigenvalue weighted by Crippen LogP contribution is 2.29. The fourth-order valence-corrected chi connectivity index (χ4v) is 3.65. The summed E-state index contributed by atoms with van der Waals surface area (Å²) < 4.78 is 0. The van der Waals surface area contributed by atoms with E-state index in [-0.39, 0.29) is 5.54 Å². The van der Waals surface area contributed by atoms with E-state index in [0.29, 0.717) is 6.04 Å². The fraction of sp³-hybridized carbons (Fsp3) is 1.00. The third-order valence-electron chi connectivity index (χ3n) is 5.24. The van der Waals surface area contributed by atoms with E-state index in [2.05, 4.69) is 35.6 Å². The molecule has 2 aliphatic rings. The molecular formula is C15H32N4. The standard InChI is InChI=1S/C15H32N4/c1-14(2)18-7-4-5-15(13-16,6-8-18)19-11-9-17(3)10-12-19/h14H,4-13,16H2,1-3H3. The molecule has 1 atom stereocenters. The number of nitrogens with zero attached hydrogens (tertiary/aromatic N) is 3. The molecule has 2 rings (SSSR count). The highest BCUT2D eigenvalue weighted by atomic mass is 15.3. The first-order chi connectivity index (χ1) is 9.07. The van der Waals surface area contributed by atoms with Gasteiger partial charge >= 0.3 is 0 Å². The molecule has 2 saturated heterocycles. The van der Waals surface area contributed by atoms with E-state index < -0.39 is 0 Å². The highest BCUT2D eigenvalue weighted by Gasteiger charge is 2.38. The summed E-state index contributed by atoms with van der Waals surface area (Å²) in [6.07, 6.45) is 3.81. The van der Waals surface area contributed by atoms with Crippen LogP contribution in [0.3, 0.4) is 0 Å². The number of hydrogen-bond acceptors (Lipinski definition) is 4. The summed E-state index contributed by atoms with van der Waals surface area (Å²) in [5, 5.41) is 0. The Kier molecular flexibility index (Phi) is 5.23. The molecule has 2 N–H and O–H groups in total. The lowest BCUT2D eigenvalue weighted by Gasteiger charge is -2.47. The number of rotatable bonds is 3. The van der Waals surface area contributed by atoms with Crippen molar-refractivity contribution in [2.24, 2.45) is 5.73 Å². The maximum Gasteiger partial charge on any atom is 0.0345 e. The van der Waals surface area contributed by atoms with E-state index in [1.54, 1.807) is 0 Å². The van der Waals surface area contributed by atoms with Crippen molar-refractivity contribution in [3.8, 4) is 0 Å². The lowest BCUT2D eigenvalue weighted by atomic mass is 9.87. The van der Waals surface area contributed by atoms with Crippen molar-refractivity contribution in [3.05, 3.63) is 0 Å². The third-order valence-corrected chi connectivity index (χ3v) is 5.24. The Bertz CT molecular complexity index is 273. The number of likely N-dealkylation sites (tertiary alicyclic amines) is 1. The summed E-state index contributed by atoms with van der Waals surface area (Å²) in [6, 6.07) is 0.668. The molecule has 0 aliphatic carbocycles. The van der Waals surface area contributed by atoms with Crippen LogP contribution in [0.2, 0.25) is 0 Å². The van der Waals surface area contributed by atoms with E-state index in [9.17, 15) is 0 Å². The van der Waals surface area contributed by atoms with Gasteiger partial charge in [-0.3, -0.25) is 4.90 Å². The molecular weight excluding hydrogens is 236 g/mol. The van der Waals surface area contributed by atoms with E-state index >= 15 is 0 Å². The maximum atomic E-state index is 6.22. The van der Waals surface area contributed by atoms with Crippen LogP contribution in [0.25, 0.3) is 0 Å². The summed E-state index contributed by atoms with van der Waals surface area (Å²) >= 11 is 0. The van der Waals surface area contributed by atoms with Gasteiger partial charge < -0.3 is 15.5 Å². The zero-order valence-corrected chi connectivity index (χ0v) is 13.1. The van der Waals surface area contributed by atoms with Gasteiger partial charge in [-0.2, -0.15) is 0 Å². The smallest absolute Gasteiger partial charge is 0.0345 e. The normalized spacial score (nSPS) is 32.7. The fourth-order valence-electron chi connectivity index (χ4n) is 3.65. The number of nitrogens with two attached hydrogens (primary N) is 1. The van der Waals surface area contributed by atoms with Crippen molar-refractivity contribution in [2.75, 3.05) is 52.9 Å². The number of hydrogen-bond donors (Lipinski definition) is 1. The quantitative estimate of drug-likeness (QED) is 0.822. The van der Waals surface area contributed by atoms with Gasteiger partial charge in [-0.05, 0) is 46.7 Å². The molecule has 112 valence electrons. The highest BCUT2D eigenvalue weighted by molar-refractivity contribution is 4.96. The number of likely N-dealkylation sites (N-methyl/N-ethyl adjacent to an activating group) is 1. The monoisotopic (exact) mass is 268 g/mol. The van der Waals surface area contributed by atoms with Gasteiger partial charge in [0.2, 0.25) is 0 Å². The van der Waals surface area contributed by atoms with Gasteiger partial charge in [0.15, 0.2) is 0 Å². The van der Waals surface area contributed by atoms with Crippen LogP contribution >= 0.6 is 0 Å². The largest absolute Gasteiger partial charge is 0.329 e. The molecule has 2 aliphatic heterocycles. The van der Waals surface area contributed by atoms with Crippen molar-refractivity contribution >= 4 is 0 Å². The molecule has 0 aromatic rings. The van der Waals surface area contributed by atoms with Gasteiger partial charge in [0.1, 0.15) is 0 Å². The summed E-state index contributed by atoms with van der Waals surface area (Å²) in [6.45, 7) is 12.7. The van der Waals surface area contributed by atoms with Crippen LogP contribution in [0.4, 0.5) is 0 Å². The van der Waals surface area contributed by atoms with Crippen LogP contribution in [-0.2, 0) is 0 Å². The van der Waals surface area contributed by atoms with Crippen molar-refractivity contribution in [3.63, 3.8) is 0 Å². The van der Waals surface area contributed by atoms with Crippen LogP contribution in [0.15, 0.2) is 0 Å². The first-order valence-corrected chi connectivity index (χ1v) is 7.95. The van der Waals surface area contributed by atoms with Gasteiger partial charge in [0, 0.05) is 50.8 Å². The van der Waals surface area contributed by atoms with E-state index in [1.165, 1.54) is 58.5 Å². The third kappa shape index (κ3) is 3.48. The lowest BCUT2D eigenvalue weighted by Crippen LogP contribution is -2.60. The van der Waals surface area contributed by atoms with E-state index in [1.807, 2.05) is 0 Å². The zero-order valence-electron chi connectivity index (χ0n) is 13.1. The van der Waals surface area contributed by atoms with E-state index in [4.69, 9.17) is 5.73 Å². The Labute approximate surface area is 118 Å². The van der Waals surface area contributed by atoms with E-state index in [0.717, 1.165) is 6.54 Å². The average molecular weight is 268 g/mol. The molecule has 2 heterocycles. The van der Waals surface area contributed by atoms with Crippen molar-refractivity contribution in [1.29, 1.82) is 0 Å². The Morgan fingerprint density at radius 2 is 1.68 bits per heavy atom. The Morgan fingerprint density at radius 3 is 2.26 bits per heavy atom. The molecule has 1 unspecified atom stereocenters. The minimum Gasteiger partial charge on any atom is -0.329 e. The molecule has 4 heteroatoms. The molecule has 0 spiro atoms. The summed E-state index contributed by atoms with van der Waals surface area (Å²) in [7, 11) is 2.22. The Balaban J connectivity index is 2.01. The van der Waals surface area contributed by atoms with Gasteiger partial charge in [-0.25, -0.2) is 0 Å². The van der Waals surface area contributed by atoms with Crippen molar-refractivity contribution in [2.45, 2.75) is 44.7 Å². The Morgan fingerprint density at radius 1 is 1.00 bits per heavy atom. The maximum absolute atomic E-state index is 6.22. The van der Waals surface area contributed by atoms with Crippen molar-refractivity contribution < 1.29 is 0 Å². The summed E-state index contributed by atoms with van der Waals surface area (Å²) in [5.74, 6) is 0. The second-order valence-corrected chi connectivity index (χ2v) is 6.70. The molecule has 19 heavy (non-hydrogen) atoms. The van der Waals surface area contributed by atoms with Crippen LogP contribution in [0.1, 0.15) is 33.1 Å².